The maximum absolute atomic E-state index is 11.8. The van der Waals surface area contributed by atoms with Crippen LogP contribution in [0.1, 0.15) is 38.7 Å². The van der Waals surface area contributed by atoms with Gasteiger partial charge in [0, 0.05) is 13.0 Å². The third-order valence-corrected chi connectivity index (χ3v) is 3.41. The van der Waals surface area contributed by atoms with Crippen molar-refractivity contribution in [3.05, 3.63) is 29.8 Å². The second-order valence-electron chi connectivity index (χ2n) is 5.20. The Hall–Kier alpha value is -2.04. The summed E-state index contributed by atoms with van der Waals surface area (Å²) in [6.45, 7) is 4.69. The van der Waals surface area contributed by atoms with Crippen LogP contribution in [0.4, 0.5) is 0 Å². The van der Waals surface area contributed by atoms with Crippen molar-refractivity contribution in [2.24, 2.45) is 5.92 Å². The minimum atomic E-state index is -0.853. The third kappa shape index (κ3) is 6.61. The van der Waals surface area contributed by atoms with Crippen LogP contribution in [-0.4, -0.2) is 30.1 Å². The highest BCUT2D eigenvalue weighted by molar-refractivity contribution is 5.77. The maximum atomic E-state index is 11.8. The Morgan fingerprint density at radius 1 is 1.23 bits per heavy atom. The zero-order chi connectivity index (χ0) is 16.4. The van der Waals surface area contributed by atoms with Gasteiger partial charge in [-0.1, -0.05) is 25.5 Å². The summed E-state index contributed by atoms with van der Waals surface area (Å²) in [5.41, 5.74) is 1.06. The van der Waals surface area contributed by atoms with Gasteiger partial charge in [-0.3, -0.25) is 9.59 Å². The highest BCUT2D eigenvalue weighted by Crippen LogP contribution is 2.13. The Kier molecular flexibility index (Phi) is 8.04. The van der Waals surface area contributed by atoms with Crippen molar-refractivity contribution in [3.63, 3.8) is 0 Å². The molecule has 0 saturated carbocycles. The number of aryl methyl sites for hydroxylation is 1. The van der Waals surface area contributed by atoms with Gasteiger partial charge in [0.05, 0.1) is 12.5 Å². The van der Waals surface area contributed by atoms with E-state index in [0.717, 1.165) is 17.7 Å². The van der Waals surface area contributed by atoms with Crippen molar-refractivity contribution in [2.75, 3.05) is 13.2 Å². The predicted octanol–water partition coefficient (Wildman–Crippen LogP) is 2.64. The second-order valence-corrected chi connectivity index (χ2v) is 5.20. The number of ether oxygens (including phenoxy) is 1. The zero-order valence-electron chi connectivity index (χ0n) is 13.3. The summed E-state index contributed by atoms with van der Waals surface area (Å²) in [6.07, 6.45) is 2.35. The number of rotatable bonds is 10. The Morgan fingerprint density at radius 2 is 1.91 bits per heavy atom. The van der Waals surface area contributed by atoms with Crippen molar-refractivity contribution >= 4 is 11.9 Å². The third-order valence-electron chi connectivity index (χ3n) is 3.41. The van der Waals surface area contributed by atoms with Crippen LogP contribution < -0.4 is 10.1 Å². The minimum Gasteiger partial charge on any atom is -0.494 e. The van der Waals surface area contributed by atoms with E-state index in [4.69, 9.17) is 9.84 Å². The number of hydrogen-bond acceptors (Lipinski definition) is 3. The summed E-state index contributed by atoms with van der Waals surface area (Å²) in [5.74, 6) is -0.649. The molecule has 0 saturated heterocycles. The van der Waals surface area contributed by atoms with Crippen LogP contribution in [-0.2, 0) is 16.0 Å². The van der Waals surface area contributed by atoms with Crippen LogP contribution in [0.25, 0.3) is 0 Å². The fourth-order valence-corrected chi connectivity index (χ4v) is 2.16. The van der Waals surface area contributed by atoms with Gasteiger partial charge in [-0.05, 0) is 37.5 Å². The van der Waals surface area contributed by atoms with Crippen molar-refractivity contribution in [1.29, 1.82) is 0 Å². The lowest BCUT2D eigenvalue weighted by molar-refractivity contribution is -0.141. The van der Waals surface area contributed by atoms with Crippen molar-refractivity contribution in [3.8, 4) is 5.75 Å². The molecule has 0 heterocycles. The molecule has 22 heavy (non-hydrogen) atoms. The number of carbonyl (C=O) groups is 2. The fourth-order valence-electron chi connectivity index (χ4n) is 2.16. The topological polar surface area (TPSA) is 75.6 Å². The van der Waals surface area contributed by atoms with Crippen LogP contribution >= 0.6 is 0 Å². The van der Waals surface area contributed by atoms with Crippen LogP contribution in [0.2, 0.25) is 0 Å². The van der Waals surface area contributed by atoms with Crippen molar-refractivity contribution < 1.29 is 19.4 Å². The van der Waals surface area contributed by atoms with E-state index in [0.29, 0.717) is 25.9 Å². The molecule has 1 rings (SSSR count). The largest absolute Gasteiger partial charge is 0.494 e. The molecule has 1 aromatic rings. The Balaban J connectivity index is 2.34. The van der Waals surface area contributed by atoms with Gasteiger partial charge in [-0.25, -0.2) is 0 Å². The molecular formula is C17H25NO4. The predicted molar refractivity (Wildman–Crippen MR) is 85.0 cm³/mol. The van der Waals surface area contributed by atoms with Gasteiger partial charge in [0.25, 0.3) is 0 Å². The maximum Gasteiger partial charge on any atom is 0.308 e. The first kappa shape index (κ1) is 18.0. The molecular weight excluding hydrogens is 282 g/mol. The van der Waals surface area contributed by atoms with E-state index in [1.807, 2.05) is 38.1 Å². The van der Waals surface area contributed by atoms with E-state index in [1.165, 1.54) is 0 Å². The van der Waals surface area contributed by atoms with Gasteiger partial charge in [-0.15, -0.1) is 0 Å². The van der Waals surface area contributed by atoms with Crippen molar-refractivity contribution in [2.45, 2.75) is 39.5 Å². The first-order valence-electron chi connectivity index (χ1n) is 7.78. The standard InChI is InChI=1S/C17H25NO4/c1-3-5-14(17(20)21)12-18-16(19)11-8-13-6-9-15(10-7-13)22-4-2/h6-7,9-10,14H,3-5,8,11-12H2,1-2H3,(H,18,19)(H,20,21). The SMILES string of the molecule is CCCC(CNC(=O)CCc1ccc(OCC)cc1)C(=O)O. The highest BCUT2D eigenvalue weighted by atomic mass is 16.5. The second kappa shape index (κ2) is 9.82. The van der Waals surface area contributed by atoms with Gasteiger partial charge in [0.1, 0.15) is 5.75 Å². The molecule has 0 aliphatic rings. The number of carboxylic acid groups (broad SMARTS) is 1. The lowest BCUT2D eigenvalue weighted by atomic mass is 10.0. The molecule has 0 aliphatic heterocycles. The molecule has 0 radical (unpaired) electrons. The molecule has 5 heteroatoms. The number of benzene rings is 1. The fraction of sp³-hybridized carbons (Fsp3) is 0.529. The summed E-state index contributed by atoms with van der Waals surface area (Å²) >= 11 is 0. The average molecular weight is 307 g/mol. The molecule has 122 valence electrons. The van der Waals surface area contributed by atoms with Crippen LogP contribution in [0, 0.1) is 5.92 Å². The number of carbonyl (C=O) groups excluding carboxylic acids is 1. The Bertz CT molecular complexity index is 470. The van der Waals surface area contributed by atoms with Crippen molar-refractivity contribution in [1.82, 2.24) is 5.32 Å². The minimum absolute atomic E-state index is 0.115. The first-order valence-corrected chi connectivity index (χ1v) is 7.78. The summed E-state index contributed by atoms with van der Waals surface area (Å²) in [6, 6.07) is 7.65. The molecule has 0 bridgehead atoms. The molecule has 0 spiro atoms. The molecule has 1 atom stereocenters. The van der Waals surface area contributed by atoms with E-state index in [2.05, 4.69) is 5.32 Å². The molecule has 0 aromatic heterocycles. The lowest BCUT2D eigenvalue weighted by Gasteiger charge is -2.12. The molecule has 0 aliphatic carbocycles. The van der Waals surface area contributed by atoms with Crippen LogP contribution in [0.5, 0.6) is 5.75 Å². The van der Waals surface area contributed by atoms with E-state index in [9.17, 15) is 9.59 Å². The van der Waals surface area contributed by atoms with Gasteiger partial charge in [-0.2, -0.15) is 0 Å². The molecule has 1 amide bonds. The Morgan fingerprint density at radius 3 is 2.45 bits per heavy atom. The molecule has 2 N–H and O–H groups in total. The number of hydrogen-bond donors (Lipinski definition) is 2. The summed E-state index contributed by atoms with van der Waals surface area (Å²) in [5, 5.41) is 11.7. The monoisotopic (exact) mass is 307 g/mol. The van der Waals surface area contributed by atoms with E-state index in [-0.39, 0.29) is 12.5 Å². The molecule has 0 fully saturated rings. The van der Waals surface area contributed by atoms with Gasteiger partial charge < -0.3 is 15.2 Å². The molecule has 1 unspecified atom stereocenters. The van der Waals surface area contributed by atoms with E-state index >= 15 is 0 Å². The van der Waals surface area contributed by atoms with Gasteiger partial charge >= 0.3 is 5.97 Å². The highest BCUT2D eigenvalue weighted by Gasteiger charge is 2.16. The zero-order valence-corrected chi connectivity index (χ0v) is 13.3. The smallest absolute Gasteiger partial charge is 0.308 e. The Labute approximate surface area is 131 Å². The average Bonchev–Trinajstić information content (AvgIpc) is 2.50. The van der Waals surface area contributed by atoms with E-state index < -0.39 is 11.9 Å². The number of nitrogens with one attached hydrogen (secondary N) is 1. The van der Waals surface area contributed by atoms with Crippen LogP contribution in [0.15, 0.2) is 24.3 Å². The first-order chi connectivity index (χ1) is 10.6. The number of carboxylic acids is 1. The lowest BCUT2D eigenvalue weighted by Crippen LogP contribution is -2.33. The molecule has 5 nitrogen and oxygen atoms in total. The van der Waals surface area contributed by atoms with Crippen LogP contribution in [0.3, 0.4) is 0 Å². The van der Waals surface area contributed by atoms with Gasteiger partial charge in [0.15, 0.2) is 0 Å². The number of amides is 1. The van der Waals surface area contributed by atoms with E-state index in [1.54, 1.807) is 0 Å². The summed E-state index contributed by atoms with van der Waals surface area (Å²) in [4.78, 5) is 22.8. The summed E-state index contributed by atoms with van der Waals surface area (Å²) in [7, 11) is 0. The number of aliphatic carboxylic acids is 1. The normalized spacial score (nSPS) is 11.7. The van der Waals surface area contributed by atoms with Gasteiger partial charge in [0.2, 0.25) is 5.91 Å². The summed E-state index contributed by atoms with van der Waals surface area (Å²) < 4.78 is 5.36. The quantitative estimate of drug-likeness (QED) is 0.697. The molecule has 1 aromatic carbocycles.